The molecule has 1 heterocycles. The Kier molecular flexibility index (Phi) is 3.72. The summed E-state index contributed by atoms with van der Waals surface area (Å²) in [6.45, 7) is 8.97. The van der Waals surface area contributed by atoms with Crippen molar-refractivity contribution in [3.8, 4) is 0 Å². The van der Waals surface area contributed by atoms with Gasteiger partial charge in [-0.25, -0.2) is 9.18 Å². The molecule has 0 radical (unpaired) electrons. The minimum absolute atomic E-state index is 0.0695. The second kappa shape index (κ2) is 5.52. The van der Waals surface area contributed by atoms with E-state index in [4.69, 9.17) is 9.47 Å². The number of hydrogen-bond acceptors (Lipinski definition) is 5. The van der Waals surface area contributed by atoms with E-state index in [2.05, 4.69) is 0 Å². The zero-order chi connectivity index (χ0) is 20.6. The van der Waals surface area contributed by atoms with Crippen LogP contribution in [-0.4, -0.2) is 28.7 Å². The van der Waals surface area contributed by atoms with Crippen LogP contribution >= 0.6 is 0 Å². The average Bonchev–Trinajstić information content (AvgIpc) is 2.97. The first-order valence-electron chi connectivity index (χ1n) is 9.39. The molecular formula is C22H23FO5. The molecule has 5 nitrogen and oxygen atoms in total. The van der Waals surface area contributed by atoms with Gasteiger partial charge in [0.2, 0.25) is 5.78 Å². The van der Waals surface area contributed by atoms with Gasteiger partial charge in [-0.05, 0) is 43.9 Å². The monoisotopic (exact) mass is 386 g/mol. The molecule has 3 aliphatic rings. The Hall–Kier alpha value is -2.50. The number of fused-ring (bicyclic) bond motifs is 4. The predicted octanol–water partition coefficient (Wildman–Crippen LogP) is 3.86. The lowest BCUT2D eigenvalue weighted by Crippen LogP contribution is -2.50. The normalized spacial score (nSPS) is 27.9. The van der Waals surface area contributed by atoms with Crippen molar-refractivity contribution in [1.82, 2.24) is 0 Å². The fourth-order valence-electron chi connectivity index (χ4n) is 4.48. The van der Waals surface area contributed by atoms with E-state index >= 15 is 0 Å². The average molecular weight is 386 g/mol. The molecule has 0 amide bonds. The van der Waals surface area contributed by atoms with E-state index in [1.165, 1.54) is 12.1 Å². The largest absolute Gasteiger partial charge is 0.470 e. The van der Waals surface area contributed by atoms with Gasteiger partial charge in [-0.1, -0.05) is 19.9 Å². The Balaban J connectivity index is 1.92. The van der Waals surface area contributed by atoms with Crippen molar-refractivity contribution < 1.29 is 28.2 Å². The lowest BCUT2D eigenvalue weighted by atomic mass is 9.72. The molecule has 2 aliphatic carbocycles. The third kappa shape index (κ3) is 2.54. The quantitative estimate of drug-likeness (QED) is 0.541. The third-order valence-corrected chi connectivity index (χ3v) is 5.47. The van der Waals surface area contributed by atoms with Crippen LogP contribution in [0.5, 0.6) is 0 Å². The minimum atomic E-state index is -2.00. The molecule has 1 aromatic carbocycles. The highest BCUT2D eigenvalue weighted by Crippen LogP contribution is 2.58. The highest BCUT2D eigenvalue weighted by molar-refractivity contribution is 6.23. The Morgan fingerprint density at radius 2 is 1.89 bits per heavy atom. The number of ketones is 2. The van der Waals surface area contributed by atoms with Crippen LogP contribution in [0.3, 0.4) is 0 Å². The van der Waals surface area contributed by atoms with E-state index in [0.717, 1.165) is 6.07 Å². The van der Waals surface area contributed by atoms with Crippen LogP contribution in [0.25, 0.3) is 0 Å². The van der Waals surface area contributed by atoms with E-state index in [0.29, 0.717) is 29.7 Å². The smallest absolute Gasteiger partial charge is 0.360 e. The summed E-state index contributed by atoms with van der Waals surface area (Å²) in [7, 11) is 0. The van der Waals surface area contributed by atoms with Crippen molar-refractivity contribution in [2.45, 2.75) is 64.6 Å². The third-order valence-electron chi connectivity index (χ3n) is 5.47. The molecule has 0 N–H and O–H groups in total. The number of allylic oxidation sites excluding steroid dienone is 1. The highest BCUT2D eigenvalue weighted by atomic mass is 19.1. The van der Waals surface area contributed by atoms with Crippen LogP contribution in [-0.2, 0) is 19.1 Å². The number of carbonyl (C=O) groups is 3. The first-order chi connectivity index (χ1) is 12.9. The van der Waals surface area contributed by atoms with Gasteiger partial charge in [0, 0.05) is 24.0 Å². The Morgan fingerprint density at radius 3 is 2.54 bits per heavy atom. The van der Waals surface area contributed by atoms with E-state index in [1.807, 2.05) is 13.8 Å². The summed E-state index contributed by atoms with van der Waals surface area (Å²) in [5.41, 5.74) is -2.33. The maximum Gasteiger partial charge on any atom is 0.360 e. The standard InChI is InChI=1S/C22H23FO5/c1-20(2,3)28-19(26)22-17(12-7-6-11(23)8-13(12)18(22)25)16-14(24)9-21(4,5)10-15(16)27-22/h6-8,17H,9-10H2,1-5H3/t17-,22+/m0/s1. The fraction of sp³-hybridized carbons (Fsp3) is 0.500. The van der Waals surface area contributed by atoms with Crippen LogP contribution in [0.15, 0.2) is 29.5 Å². The summed E-state index contributed by atoms with van der Waals surface area (Å²) in [5.74, 6) is -2.75. The maximum atomic E-state index is 13.8. The van der Waals surface area contributed by atoms with Crippen molar-refractivity contribution >= 4 is 17.5 Å². The van der Waals surface area contributed by atoms with Gasteiger partial charge in [0.15, 0.2) is 5.78 Å². The number of rotatable bonds is 1. The van der Waals surface area contributed by atoms with Gasteiger partial charge in [-0.3, -0.25) is 9.59 Å². The zero-order valence-electron chi connectivity index (χ0n) is 16.6. The first-order valence-corrected chi connectivity index (χ1v) is 9.39. The summed E-state index contributed by atoms with van der Waals surface area (Å²) in [6.07, 6.45) is 0.736. The molecule has 1 aliphatic heterocycles. The second-order valence-electron chi connectivity index (χ2n) is 9.61. The van der Waals surface area contributed by atoms with Crippen molar-refractivity contribution in [3.05, 3.63) is 46.5 Å². The van der Waals surface area contributed by atoms with Crippen LogP contribution in [0.1, 0.15) is 69.3 Å². The Labute approximate surface area is 162 Å². The van der Waals surface area contributed by atoms with Crippen molar-refractivity contribution in [3.63, 3.8) is 0 Å². The molecule has 0 saturated heterocycles. The SMILES string of the molecule is CC1(C)CC(=O)C2=C(C1)O[C@@]1(C(=O)OC(C)(C)C)C(=O)c3cc(F)ccc3[C@@H]21. The number of carbonyl (C=O) groups excluding carboxylic acids is 3. The number of benzene rings is 1. The number of esters is 1. The summed E-state index contributed by atoms with van der Waals surface area (Å²) in [5, 5.41) is 0. The number of ether oxygens (including phenoxy) is 2. The molecule has 0 bridgehead atoms. The fourth-order valence-corrected chi connectivity index (χ4v) is 4.48. The lowest BCUT2D eigenvalue weighted by molar-refractivity contribution is -0.172. The molecular weight excluding hydrogens is 363 g/mol. The van der Waals surface area contributed by atoms with E-state index in [9.17, 15) is 18.8 Å². The van der Waals surface area contributed by atoms with Crippen LogP contribution in [0.4, 0.5) is 4.39 Å². The van der Waals surface area contributed by atoms with Crippen molar-refractivity contribution in [1.29, 1.82) is 0 Å². The van der Waals surface area contributed by atoms with E-state index < -0.39 is 34.7 Å². The summed E-state index contributed by atoms with van der Waals surface area (Å²) >= 11 is 0. The first kappa shape index (κ1) is 18.8. The van der Waals surface area contributed by atoms with Crippen molar-refractivity contribution in [2.24, 2.45) is 5.41 Å². The van der Waals surface area contributed by atoms with Crippen LogP contribution in [0.2, 0.25) is 0 Å². The van der Waals surface area contributed by atoms with Gasteiger partial charge in [0.05, 0.1) is 5.92 Å². The van der Waals surface area contributed by atoms with E-state index in [-0.39, 0.29) is 16.8 Å². The molecule has 0 unspecified atom stereocenters. The lowest BCUT2D eigenvalue weighted by Gasteiger charge is -2.31. The highest BCUT2D eigenvalue weighted by Gasteiger charge is 2.69. The topological polar surface area (TPSA) is 69.7 Å². The predicted molar refractivity (Wildman–Crippen MR) is 98.2 cm³/mol. The van der Waals surface area contributed by atoms with Gasteiger partial charge in [-0.15, -0.1) is 0 Å². The molecule has 28 heavy (non-hydrogen) atoms. The molecule has 0 aromatic heterocycles. The summed E-state index contributed by atoms with van der Waals surface area (Å²) in [6, 6.07) is 3.79. The van der Waals surface area contributed by atoms with Crippen LogP contribution in [0, 0.1) is 11.2 Å². The summed E-state index contributed by atoms with van der Waals surface area (Å²) < 4.78 is 25.4. The van der Waals surface area contributed by atoms with Gasteiger partial charge in [-0.2, -0.15) is 0 Å². The molecule has 1 aromatic rings. The second-order valence-corrected chi connectivity index (χ2v) is 9.61. The Morgan fingerprint density at radius 1 is 1.21 bits per heavy atom. The molecule has 0 spiro atoms. The van der Waals surface area contributed by atoms with Gasteiger partial charge >= 0.3 is 5.97 Å². The number of hydrogen-bond donors (Lipinski definition) is 0. The van der Waals surface area contributed by atoms with E-state index in [1.54, 1.807) is 20.8 Å². The van der Waals surface area contributed by atoms with Gasteiger partial charge < -0.3 is 9.47 Å². The van der Waals surface area contributed by atoms with Crippen LogP contribution < -0.4 is 0 Å². The molecule has 0 fully saturated rings. The molecule has 148 valence electrons. The van der Waals surface area contributed by atoms with Crippen molar-refractivity contribution in [2.75, 3.05) is 0 Å². The van der Waals surface area contributed by atoms with Gasteiger partial charge in [0.1, 0.15) is 17.2 Å². The zero-order valence-corrected chi connectivity index (χ0v) is 16.6. The molecule has 2 atom stereocenters. The number of halogens is 1. The number of Topliss-reactive ketones (excluding diaryl/α,β-unsaturated/α-hetero) is 2. The summed E-state index contributed by atoms with van der Waals surface area (Å²) in [4.78, 5) is 39.6. The minimum Gasteiger partial charge on any atom is -0.470 e. The molecule has 6 heteroatoms. The molecule has 0 saturated carbocycles. The van der Waals surface area contributed by atoms with Gasteiger partial charge in [0.25, 0.3) is 5.60 Å². The Bertz CT molecular complexity index is 966. The maximum absolute atomic E-state index is 13.8. The molecule has 4 rings (SSSR count).